The minimum Gasteiger partial charge on any atom is -0.381 e. The summed E-state index contributed by atoms with van der Waals surface area (Å²) in [5.41, 5.74) is 2.95. The highest BCUT2D eigenvalue weighted by Gasteiger charge is 2.25. The van der Waals surface area contributed by atoms with Gasteiger partial charge in [-0.1, -0.05) is 12.1 Å². The maximum Gasteiger partial charge on any atom is 0.139 e. The number of aromatic nitrogens is 2. The summed E-state index contributed by atoms with van der Waals surface area (Å²) >= 11 is 0. The summed E-state index contributed by atoms with van der Waals surface area (Å²) in [7, 11) is 0. The Hall–Kier alpha value is -1.50. The van der Waals surface area contributed by atoms with Crippen molar-refractivity contribution in [2.75, 3.05) is 39.4 Å². The number of ether oxygens (including phenoxy) is 1. The van der Waals surface area contributed by atoms with Gasteiger partial charge in [-0.2, -0.15) is 0 Å². The summed E-state index contributed by atoms with van der Waals surface area (Å²) in [4.78, 5) is 5.14. The Kier molecular flexibility index (Phi) is 4.05. The summed E-state index contributed by atoms with van der Waals surface area (Å²) in [6, 6.07) is 6.81. The van der Waals surface area contributed by atoms with E-state index in [-0.39, 0.29) is 0 Å². The largest absolute Gasteiger partial charge is 0.381 e. The van der Waals surface area contributed by atoms with Crippen LogP contribution in [0.2, 0.25) is 0 Å². The minimum atomic E-state index is 0.721. The van der Waals surface area contributed by atoms with Crippen molar-refractivity contribution in [2.24, 2.45) is 0 Å². The van der Waals surface area contributed by atoms with Crippen molar-refractivity contribution in [1.82, 2.24) is 20.1 Å². The van der Waals surface area contributed by atoms with Crippen molar-refractivity contribution in [2.45, 2.75) is 25.4 Å². The molecule has 0 spiro atoms. The number of hydrogen-bond acceptors (Lipinski definition) is 6. The molecule has 0 bridgehead atoms. The lowest BCUT2D eigenvalue weighted by atomic mass is 10.1. The van der Waals surface area contributed by atoms with Crippen molar-refractivity contribution in [3.05, 3.63) is 23.8 Å². The predicted molar refractivity (Wildman–Crippen MR) is 82.5 cm³/mol. The summed E-state index contributed by atoms with van der Waals surface area (Å²) in [6.45, 7) is 7.29. The summed E-state index contributed by atoms with van der Waals surface area (Å²) < 4.78 is 10.3. The molecule has 0 atom stereocenters. The first-order valence-electron chi connectivity index (χ1n) is 8.14. The standard InChI is InChI=1S/C16H22N4O2/c1-2-13(16-15(3-1)17-22-18-16)12-19-6-8-20(9-7-19)14-4-10-21-11-5-14/h1-3,14H,4-12H2. The normalized spacial score (nSPS) is 22.4. The maximum absolute atomic E-state index is 5.47. The van der Waals surface area contributed by atoms with Crippen LogP contribution in [-0.2, 0) is 11.3 Å². The quantitative estimate of drug-likeness (QED) is 0.857. The summed E-state index contributed by atoms with van der Waals surface area (Å²) in [5.74, 6) is 0. The van der Waals surface area contributed by atoms with Gasteiger partial charge in [-0.3, -0.25) is 9.80 Å². The molecule has 22 heavy (non-hydrogen) atoms. The molecule has 0 N–H and O–H groups in total. The van der Waals surface area contributed by atoms with E-state index in [9.17, 15) is 0 Å². The molecule has 1 aromatic carbocycles. The van der Waals surface area contributed by atoms with Crippen molar-refractivity contribution in [3.8, 4) is 0 Å². The van der Waals surface area contributed by atoms with Crippen molar-refractivity contribution in [1.29, 1.82) is 0 Å². The third-order valence-corrected chi connectivity index (χ3v) is 4.88. The van der Waals surface area contributed by atoms with Gasteiger partial charge < -0.3 is 4.74 Å². The fourth-order valence-electron chi connectivity index (χ4n) is 3.57. The molecule has 3 heterocycles. The van der Waals surface area contributed by atoms with Gasteiger partial charge in [0, 0.05) is 52.0 Å². The number of nitrogens with zero attached hydrogens (tertiary/aromatic N) is 4. The van der Waals surface area contributed by atoms with Gasteiger partial charge in [-0.25, -0.2) is 4.63 Å². The van der Waals surface area contributed by atoms with Crippen LogP contribution in [0.15, 0.2) is 22.8 Å². The molecule has 4 rings (SSSR count). The van der Waals surface area contributed by atoms with Crippen LogP contribution >= 0.6 is 0 Å². The number of piperazine rings is 1. The Morgan fingerprint density at radius 2 is 1.86 bits per heavy atom. The Bertz CT molecular complexity index is 615. The van der Waals surface area contributed by atoms with E-state index in [0.717, 1.165) is 63.0 Å². The zero-order valence-electron chi connectivity index (χ0n) is 12.8. The zero-order chi connectivity index (χ0) is 14.8. The van der Waals surface area contributed by atoms with Crippen LogP contribution in [0.25, 0.3) is 11.0 Å². The monoisotopic (exact) mass is 302 g/mol. The van der Waals surface area contributed by atoms with E-state index in [1.165, 1.54) is 18.4 Å². The number of hydrogen-bond donors (Lipinski definition) is 0. The van der Waals surface area contributed by atoms with Gasteiger partial charge in [0.05, 0.1) is 0 Å². The second-order valence-corrected chi connectivity index (χ2v) is 6.20. The van der Waals surface area contributed by atoms with Crippen LogP contribution in [0.3, 0.4) is 0 Å². The van der Waals surface area contributed by atoms with Gasteiger partial charge in [-0.15, -0.1) is 0 Å². The minimum absolute atomic E-state index is 0.721. The molecule has 6 heteroatoms. The lowest BCUT2D eigenvalue weighted by molar-refractivity contribution is 0.0126. The molecule has 0 amide bonds. The number of rotatable bonds is 3. The first-order chi connectivity index (χ1) is 10.9. The third kappa shape index (κ3) is 2.86. The van der Waals surface area contributed by atoms with Gasteiger partial charge in [0.25, 0.3) is 0 Å². The first-order valence-corrected chi connectivity index (χ1v) is 8.14. The molecular formula is C16H22N4O2. The maximum atomic E-state index is 5.47. The van der Waals surface area contributed by atoms with E-state index in [0.29, 0.717) is 0 Å². The fourth-order valence-corrected chi connectivity index (χ4v) is 3.57. The van der Waals surface area contributed by atoms with Crippen molar-refractivity contribution >= 4 is 11.0 Å². The highest BCUT2D eigenvalue weighted by Crippen LogP contribution is 2.20. The molecule has 0 aliphatic carbocycles. The Labute approximate surface area is 130 Å². The molecule has 0 saturated carbocycles. The molecule has 0 radical (unpaired) electrons. The predicted octanol–water partition coefficient (Wildman–Crippen LogP) is 1.52. The Morgan fingerprint density at radius 3 is 2.68 bits per heavy atom. The van der Waals surface area contributed by atoms with Crippen LogP contribution in [0.4, 0.5) is 0 Å². The first kappa shape index (κ1) is 14.1. The average Bonchev–Trinajstić information content (AvgIpc) is 3.06. The SMILES string of the molecule is c1cc(CN2CCN(C3CCOCC3)CC2)c2nonc2c1. The van der Waals surface area contributed by atoms with Gasteiger partial charge in [-0.05, 0) is 34.8 Å². The van der Waals surface area contributed by atoms with E-state index < -0.39 is 0 Å². The Balaban J connectivity index is 1.36. The van der Waals surface area contributed by atoms with Crippen LogP contribution < -0.4 is 0 Å². The van der Waals surface area contributed by atoms with Crippen LogP contribution in [0, 0.1) is 0 Å². The molecule has 2 aromatic rings. The molecule has 2 fully saturated rings. The van der Waals surface area contributed by atoms with Gasteiger partial charge in [0.2, 0.25) is 0 Å². The van der Waals surface area contributed by atoms with Gasteiger partial charge in [0.15, 0.2) is 0 Å². The van der Waals surface area contributed by atoms with E-state index in [2.05, 4.69) is 26.2 Å². The summed E-state index contributed by atoms with van der Waals surface area (Å²) in [5, 5.41) is 7.96. The van der Waals surface area contributed by atoms with E-state index >= 15 is 0 Å². The molecule has 2 aliphatic heterocycles. The number of benzene rings is 1. The van der Waals surface area contributed by atoms with E-state index in [1.807, 2.05) is 12.1 Å². The molecular weight excluding hydrogens is 280 g/mol. The van der Waals surface area contributed by atoms with E-state index in [1.54, 1.807) is 0 Å². The van der Waals surface area contributed by atoms with Crippen molar-refractivity contribution in [3.63, 3.8) is 0 Å². The van der Waals surface area contributed by atoms with Gasteiger partial charge >= 0.3 is 0 Å². The van der Waals surface area contributed by atoms with Crippen LogP contribution in [0.5, 0.6) is 0 Å². The average molecular weight is 302 g/mol. The highest BCUT2D eigenvalue weighted by molar-refractivity contribution is 5.76. The lowest BCUT2D eigenvalue weighted by Crippen LogP contribution is -2.51. The Morgan fingerprint density at radius 1 is 1.05 bits per heavy atom. The fraction of sp³-hybridized carbons (Fsp3) is 0.625. The zero-order valence-corrected chi connectivity index (χ0v) is 12.8. The topological polar surface area (TPSA) is 54.6 Å². The van der Waals surface area contributed by atoms with E-state index in [4.69, 9.17) is 9.37 Å². The molecule has 2 saturated heterocycles. The molecule has 2 aliphatic rings. The second kappa shape index (κ2) is 6.32. The van der Waals surface area contributed by atoms with Crippen LogP contribution in [0.1, 0.15) is 18.4 Å². The summed E-state index contributed by atoms with van der Waals surface area (Å²) in [6.07, 6.45) is 2.37. The lowest BCUT2D eigenvalue weighted by Gasteiger charge is -2.40. The molecule has 118 valence electrons. The van der Waals surface area contributed by atoms with Gasteiger partial charge in [0.1, 0.15) is 11.0 Å². The number of fused-ring (bicyclic) bond motifs is 1. The third-order valence-electron chi connectivity index (χ3n) is 4.88. The molecule has 6 nitrogen and oxygen atoms in total. The highest BCUT2D eigenvalue weighted by atomic mass is 16.6. The van der Waals surface area contributed by atoms with Crippen LogP contribution in [-0.4, -0.2) is 65.5 Å². The molecule has 0 unspecified atom stereocenters. The van der Waals surface area contributed by atoms with Crippen molar-refractivity contribution < 1.29 is 9.37 Å². The second-order valence-electron chi connectivity index (χ2n) is 6.20. The smallest absolute Gasteiger partial charge is 0.139 e. The molecule has 1 aromatic heterocycles.